The lowest BCUT2D eigenvalue weighted by Gasteiger charge is -2.26. The van der Waals surface area contributed by atoms with E-state index in [-0.39, 0.29) is 11.9 Å². The number of carbonyl (C=O) groups excluding carboxylic acids is 1. The Morgan fingerprint density at radius 2 is 1.74 bits per heavy atom. The third-order valence-electron chi connectivity index (χ3n) is 3.49. The summed E-state index contributed by atoms with van der Waals surface area (Å²) >= 11 is 3.47. The third-order valence-corrected chi connectivity index (χ3v) is 3.94. The van der Waals surface area contributed by atoms with Gasteiger partial charge in [0.05, 0.1) is 6.04 Å². The summed E-state index contributed by atoms with van der Waals surface area (Å²) < 4.78 is 1.04. The number of halogens is 1. The molecular formula is C15H23BrN2O. The Bertz CT molecular complexity index is 432. The lowest BCUT2D eigenvalue weighted by atomic mass is 10.1. The molecule has 0 bridgehead atoms. The molecular weight excluding hydrogens is 304 g/mol. The second kappa shape index (κ2) is 7.06. The van der Waals surface area contributed by atoms with Crippen LogP contribution in [0, 0.1) is 13.8 Å². The van der Waals surface area contributed by atoms with Crippen LogP contribution in [0.5, 0.6) is 0 Å². The minimum absolute atomic E-state index is 0.0530. The lowest BCUT2D eigenvalue weighted by Crippen LogP contribution is -2.42. The highest BCUT2D eigenvalue weighted by Gasteiger charge is 2.19. The Kier molecular flexibility index (Phi) is 6.01. The molecule has 0 fully saturated rings. The van der Waals surface area contributed by atoms with E-state index in [1.54, 1.807) is 0 Å². The summed E-state index contributed by atoms with van der Waals surface area (Å²) in [4.78, 5) is 14.4. The van der Waals surface area contributed by atoms with Gasteiger partial charge in [-0.25, -0.2) is 0 Å². The molecule has 0 heterocycles. The standard InChI is InChI=1S/C15H23BrN2O/c1-6-18(7-2)12(5)15(19)17-14-10(3)8-13(16)9-11(14)4/h8-9,12H,6-7H2,1-5H3,(H,17,19). The highest BCUT2D eigenvalue weighted by Crippen LogP contribution is 2.25. The maximum absolute atomic E-state index is 12.3. The van der Waals surface area contributed by atoms with Gasteiger partial charge in [-0.05, 0) is 57.1 Å². The molecule has 0 aliphatic rings. The fourth-order valence-electron chi connectivity index (χ4n) is 2.27. The second-order valence-electron chi connectivity index (χ2n) is 4.80. The molecule has 1 unspecified atom stereocenters. The van der Waals surface area contributed by atoms with E-state index in [0.29, 0.717) is 0 Å². The predicted octanol–water partition coefficient (Wildman–Crippen LogP) is 3.73. The van der Waals surface area contributed by atoms with Gasteiger partial charge in [-0.1, -0.05) is 29.8 Å². The topological polar surface area (TPSA) is 32.3 Å². The molecule has 1 amide bonds. The molecule has 4 heteroatoms. The van der Waals surface area contributed by atoms with Crippen LogP contribution < -0.4 is 5.32 Å². The molecule has 0 aliphatic carbocycles. The van der Waals surface area contributed by atoms with Gasteiger partial charge in [-0.2, -0.15) is 0 Å². The summed E-state index contributed by atoms with van der Waals surface area (Å²) in [7, 11) is 0. The Labute approximate surface area is 124 Å². The zero-order valence-corrected chi connectivity index (χ0v) is 14.0. The fourth-order valence-corrected chi connectivity index (χ4v) is 2.96. The zero-order valence-electron chi connectivity index (χ0n) is 12.4. The van der Waals surface area contributed by atoms with Crippen molar-refractivity contribution in [2.24, 2.45) is 0 Å². The van der Waals surface area contributed by atoms with E-state index in [2.05, 4.69) is 40.0 Å². The third kappa shape index (κ3) is 4.05. The molecule has 1 N–H and O–H groups in total. The first-order chi connectivity index (χ1) is 8.90. The molecule has 19 heavy (non-hydrogen) atoms. The molecule has 106 valence electrons. The summed E-state index contributed by atoms with van der Waals surface area (Å²) in [6, 6.07) is 3.92. The minimum Gasteiger partial charge on any atom is -0.324 e. The van der Waals surface area contributed by atoms with Crippen molar-refractivity contribution in [2.75, 3.05) is 18.4 Å². The number of likely N-dealkylation sites (N-methyl/N-ethyl adjacent to an activating group) is 1. The largest absolute Gasteiger partial charge is 0.324 e. The molecule has 0 aliphatic heterocycles. The summed E-state index contributed by atoms with van der Waals surface area (Å²) in [5.41, 5.74) is 3.08. The van der Waals surface area contributed by atoms with Gasteiger partial charge in [-0.15, -0.1) is 0 Å². The van der Waals surface area contributed by atoms with Gasteiger partial charge >= 0.3 is 0 Å². The summed E-state index contributed by atoms with van der Waals surface area (Å²) in [5.74, 6) is 0.0530. The van der Waals surface area contributed by atoms with Gasteiger partial charge in [0.2, 0.25) is 5.91 Å². The van der Waals surface area contributed by atoms with Crippen LogP contribution in [-0.4, -0.2) is 29.9 Å². The second-order valence-corrected chi connectivity index (χ2v) is 5.72. The van der Waals surface area contributed by atoms with Crippen molar-refractivity contribution in [3.05, 3.63) is 27.7 Å². The Balaban J connectivity index is 2.88. The van der Waals surface area contributed by atoms with Crippen molar-refractivity contribution >= 4 is 27.5 Å². The maximum atomic E-state index is 12.3. The highest BCUT2D eigenvalue weighted by molar-refractivity contribution is 9.10. The molecule has 0 saturated carbocycles. The molecule has 0 radical (unpaired) electrons. The van der Waals surface area contributed by atoms with Gasteiger partial charge < -0.3 is 5.32 Å². The van der Waals surface area contributed by atoms with Gasteiger partial charge in [-0.3, -0.25) is 9.69 Å². The number of amides is 1. The SMILES string of the molecule is CCN(CC)C(C)C(=O)Nc1c(C)cc(Br)cc1C. The number of nitrogens with zero attached hydrogens (tertiary/aromatic N) is 1. The summed E-state index contributed by atoms with van der Waals surface area (Å²) in [5, 5.41) is 3.05. The van der Waals surface area contributed by atoms with E-state index in [1.807, 2.05) is 32.9 Å². The van der Waals surface area contributed by atoms with Crippen molar-refractivity contribution in [1.82, 2.24) is 4.90 Å². The van der Waals surface area contributed by atoms with Crippen molar-refractivity contribution in [3.8, 4) is 0 Å². The number of anilines is 1. The van der Waals surface area contributed by atoms with Crippen LogP contribution in [0.2, 0.25) is 0 Å². The van der Waals surface area contributed by atoms with E-state index in [1.165, 1.54) is 0 Å². The van der Waals surface area contributed by atoms with Gasteiger partial charge in [0.25, 0.3) is 0 Å². The first-order valence-corrected chi connectivity index (χ1v) is 7.51. The van der Waals surface area contributed by atoms with Crippen molar-refractivity contribution in [2.45, 2.75) is 40.7 Å². The Hall–Kier alpha value is -0.870. The maximum Gasteiger partial charge on any atom is 0.241 e. The zero-order chi connectivity index (χ0) is 14.6. The van der Waals surface area contributed by atoms with Crippen LogP contribution in [0.4, 0.5) is 5.69 Å². The molecule has 0 aromatic heterocycles. The van der Waals surface area contributed by atoms with Crippen LogP contribution in [0.1, 0.15) is 31.9 Å². The predicted molar refractivity (Wildman–Crippen MR) is 84.6 cm³/mol. The van der Waals surface area contributed by atoms with Crippen LogP contribution in [0.25, 0.3) is 0 Å². The van der Waals surface area contributed by atoms with E-state index < -0.39 is 0 Å². The normalized spacial score (nSPS) is 12.6. The Morgan fingerprint density at radius 3 is 2.16 bits per heavy atom. The highest BCUT2D eigenvalue weighted by atomic mass is 79.9. The van der Waals surface area contributed by atoms with E-state index >= 15 is 0 Å². The van der Waals surface area contributed by atoms with Crippen LogP contribution in [0.15, 0.2) is 16.6 Å². The van der Waals surface area contributed by atoms with Crippen LogP contribution >= 0.6 is 15.9 Å². The quantitative estimate of drug-likeness (QED) is 0.894. The van der Waals surface area contributed by atoms with Crippen LogP contribution in [-0.2, 0) is 4.79 Å². The van der Waals surface area contributed by atoms with Crippen molar-refractivity contribution < 1.29 is 4.79 Å². The first-order valence-electron chi connectivity index (χ1n) is 6.72. The molecule has 1 rings (SSSR count). The molecule has 0 spiro atoms. The van der Waals surface area contributed by atoms with E-state index in [0.717, 1.165) is 34.4 Å². The molecule has 0 saturated heterocycles. The monoisotopic (exact) mass is 326 g/mol. The van der Waals surface area contributed by atoms with Gasteiger partial charge in [0.1, 0.15) is 0 Å². The molecule has 1 atom stereocenters. The smallest absolute Gasteiger partial charge is 0.241 e. The van der Waals surface area contributed by atoms with Crippen LogP contribution in [0.3, 0.4) is 0 Å². The van der Waals surface area contributed by atoms with Crippen molar-refractivity contribution in [1.29, 1.82) is 0 Å². The van der Waals surface area contributed by atoms with Gasteiger partial charge in [0.15, 0.2) is 0 Å². The molecule has 1 aromatic rings. The number of hydrogen-bond donors (Lipinski definition) is 1. The number of rotatable bonds is 5. The fraction of sp³-hybridized carbons (Fsp3) is 0.533. The van der Waals surface area contributed by atoms with E-state index in [9.17, 15) is 4.79 Å². The number of carbonyl (C=O) groups is 1. The Morgan fingerprint density at radius 1 is 1.26 bits per heavy atom. The summed E-state index contributed by atoms with van der Waals surface area (Å²) in [6.07, 6.45) is 0. The van der Waals surface area contributed by atoms with Crippen molar-refractivity contribution in [3.63, 3.8) is 0 Å². The first kappa shape index (κ1) is 16.2. The number of nitrogens with one attached hydrogen (secondary N) is 1. The van der Waals surface area contributed by atoms with Gasteiger partial charge in [0, 0.05) is 10.2 Å². The number of hydrogen-bond acceptors (Lipinski definition) is 2. The minimum atomic E-state index is -0.113. The molecule has 3 nitrogen and oxygen atoms in total. The summed E-state index contributed by atoms with van der Waals surface area (Å²) in [6.45, 7) is 11.9. The number of benzene rings is 1. The average Bonchev–Trinajstić information content (AvgIpc) is 2.34. The number of aryl methyl sites for hydroxylation is 2. The molecule has 1 aromatic carbocycles. The lowest BCUT2D eigenvalue weighted by molar-refractivity contribution is -0.120. The average molecular weight is 327 g/mol. The van der Waals surface area contributed by atoms with E-state index in [4.69, 9.17) is 0 Å².